The zero-order valence-electron chi connectivity index (χ0n) is 15.6. The predicted molar refractivity (Wildman–Crippen MR) is 111 cm³/mol. The fraction of sp³-hybridized carbons (Fsp3) is 0.238. The number of benzene rings is 1. The van der Waals surface area contributed by atoms with E-state index in [4.69, 9.17) is 0 Å². The first-order chi connectivity index (χ1) is 13.0. The standard InChI is InChI=1S/C21H22N4OS/c1-13(2)23-21-22-9-19(27-21)15-8-18(17-7-5-4-6-14(17)3)20-24-16(12-26)11-25(20)10-15/h4-11,13,26H,12H2,1-3H3,(H,22,23). The molecule has 0 bridgehead atoms. The summed E-state index contributed by atoms with van der Waals surface area (Å²) in [6.07, 6.45) is 5.84. The maximum Gasteiger partial charge on any atom is 0.183 e. The number of nitrogens with zero attached hydrogens (tertiary/aromatic N) is 3. The largest absolute Gasteiger partial charge is 0.390 e. The Morgan fingerprint density at radius 2 is 2.00 bits per heavy atom. The van der Waals surface area contributed by atoms with Crippen molar-refractivity contribution in [3.63, 3.8) is 0 Å². The van der Waals surface area contributed by atoms with Crippen LogP contribution in [0.1, 0.15) is 25.1 Å². The molecule has 0 atom stereocenters. The number of hydrogen-bond donors (Lipinski definition) is 2. The minimum absolute atomic E-state index is 0.0762. The van der Waals surface area contributed by atoms with Gasteiger partial charge in [-0.25, -0.2) is 9.97 Å². The third-order valence-corrected chi connectivity index (χ3v) is 5.38. The minimum Gasteiger partial charge on any atom is -0.390 e. The molecular weight excluding hydrogens is 356 g/mol. The maximum atomic E-state index is 9.54. The number of pyridine rings is 1. The van der Waals surface area contributed by atoms with E-state index < -0.39 is 0 Å². The second-order valence-corrected chi connectivity index (χ2v) is 7.94. The van der Waals surface area contributed by atoms with Gasteiger partial charge in [-0.1, -0.05) is 35.6 Å². The van der Waals surface area contributed by atoms with E-state index in [1.807, 2.05) is 28.9 Å². The molecule has 0 saturated heterocycles. The summed E-state index contributed by atoms with van der Waals surface area (Å²) >= 11 is 1.64. The summed E-state index contributed by atoms with van der Waals surface area (Å²) in [5.41, 5.74) is 5.98. The number of hydrogen-bond acceptors (Lipinski definition) is 5. The Kier molecular flexibility index (Phi) is 4.68. The van der Waals surface area contributed by atoms with Gasteiger partial charge in [-0.3, -0.25) is 0 Å². The Bertz CT molecular complexity index is 1100. The summed E-state index contributed by atoms with van der Waals surface area (Å²) in [5, 5.41) is 13.8. The lowest BCUT2D eigenvalue weighted by atomic mass is 10.00. The molecule has 5 nitrogen and oxygen atoms in total. The van der Waals surface area contributed by atoms with Gasteiger partial charge in [0.25, 0.3) is 0 Å². The number of aliphatic hydroxyl groups is 1. The van der Waals surface area contributed by atoms with Crippen LogP contribution in [0.3, 0.4) is 0 Å². The third kappa shape index (κ3) is 3.46. The van der Waals surface area contributed by atoms with Crippen molar-refractivity contribution < 1.29 is 5.11 Å². The van der Waals surface area contributed by atoms with Crippen LogP contribution in [0.25, 0.3) is 27.2 Å². The molecular formula is C21H22N4OS. The summed E-state index contributed by atoms with van der Waals surface area (Å²) in [4.78, 5) is 10.2. The lowest BCUT2D eigenvalue weighted by Gasteiger charge is -2.10. The molecule has 138 valence electrons. The molecule has 4 aromatic rings. The topological polar surface area (TPSA) is 62.5 Å². The van der Waals surface area contributed by atoms with Gasteiger partial charge in [0.05, 0.1) is 17.2 Å². The molecule has 0 unspecified atom stereocenters. The zero-order valence-corrected chi connectivity index (χ0v) is 16.4. The van der Waals surface area contributed by atoms with Gasteiger partial charge >= 0.3 is 0 Å². The fourth-order valence-corrected chi connectivity index (χ4v) is 4.10. The summed E-state index contributed by atoms with van der Waals surface area (Å²) in [7, 11) is 0. The number of anilines is 1. The van der Waals surface area contributed by atoms with Gasteiger partial charge in [-0.2, -0.15) is 0 Å². The zero-order chi connectivity index (χ0) is 19.0. The molecule has 0 spiro atoms. The second-order valence-electron chi connectivity index (χ2n) is 6.91. The van der Waals surface area contributed by atoms with Crippen LogP contribution >= 0.6 is 11.3 Å². The minimum atomic E-state index is -0.0762. The van der Waals surface area contributed by atoms with Crippen LogP contribution in [0.5, 0.6) is 0 Å². The normalized spacial score (nSPS) is 11.4. The smallest absolute Gasteiger partial charge is 0.183 e. The number of nitrogens with one attached hydrogen (secondary N) is 1. The van der Waals surface area contributed by atoms with Crippen molar-refractivity contribution in [2.24, 2.45) is 0 Å². The van der Waals surface area contributed by atoms with Crippen molar-refractivity contribution in [1.29, 1.82) is 0 Å². The molecule has 0 radical (unpaired) electrons. The van der Waals surface area contributed by atoms with Gasteiger partial charge in [-0.05, 0) is 38.0 Å². The van der Waals surface area contributed by atoms with Crippen LogP contribution in [-0.4, -0.2) is 25.5 Å². The lowest BCUT2D eigenvalue weighted by Crippen LogP contribution is -2.08. The van der Waals surface area contributed by atoms with Gasteiger partial charge in [0, 0.05) is 35.8 Å². The Labute approximate surface area is 162 Å². The number of thiazole rings is 1. The molecule has 3 aromatic heterocycles. The first-order valence-electron chi connectivity index (χ1n) is 8.96. The molecule has 6 heteroatoms. The molecule has 0 aliphatic rings. The van der Waals surface area contributed by atoms with Crippen molar-refractivity contribution in [2.45, 2.75) is 33.4 Å². The van der Waals surface area contributed by atoms with Crippen molar-refractivity contribution >= 4 is 22.1 Å². The van der Waals surface area contributed by atoms with E-state index in [2.05, 4.69) is 60.5 Å². The van der Waals surface area contributed by atoms with E-state index in [0.29, 0.717) is 11.7 Å². The summed E-state index contributed by atoms with van der Waals surface area (Å²) in [6, 6.07) is 10.8. The molecule has 3 heterocycles. The molecule has 0 aliphatic carbocycles. The van der Waals surface area contributed by atoms with Gasteiger partial charge < -0.3 is 14.8 Å². The monoisotopic (exact) mass is 378 g/mol. The van der Waals surface area contributed by atoms with E-state index >= 15 is 0 Å². The lowest BCUT2D eigenvalue weighted by molar-refractivity contribution is 0.277. The van der Waals surface area contributed by atoms with Crippen LogP contribution in [0.4, 0.5) is 5.13 Å². The Morgan fingerprint density at radius 3 is 2.74 bits per heavy atom. The van der Waals surface area contributed by atoms with Gasteiger partial charge in [0.15, 0.2) is 5.13 Å². The van der Waals surface area contributed by atoms with Crippen molar-refractivity contribution in [3.8, 4) is 21.6 Å². The quantitative estimate of drug-likeness (QED) is 0.526. The van der Waals surface area contributed by atoms with E-state index in [1.165, 1.54) is 5.56 Å². The second kappa shape index (κ2) is 7.13. The number of aryl methyl sites for hydroxylation is 1. The number of imidazole rings is 1. The Balaban J connectivity index is 1.90. The Morgan fingerprint density at radius 1 is 1.19 bits per heavy atom. The number of rotatable bonds is 5. The Hall–Kier alpha value is -2.70. The van der Waals surface area contributed by atoms with Gasteiger partial charge in [0.1, 0.15) is 5.65 Å². The number of fused-ring (bicyclic) bond motifs is 1. The van der Waals surface area contributed by atoms with Gasteiger partial charge in [0.2, 0.25) is 0 Å². The first-order valence-corrected chi connectivity index (χ1v) is 9.78. The van der Waals surface area contributed by atoms with E-state index in [0.717, 1.165) is 32.3 Å². The van der Waals surface area contributed by atoms with Crippen LogP contribution in [0.2, 0.25) is 0 Å². The van der Waals surface area contributed by atoms with Crippen molar-refractivity contribution in [2.75, 3.05) is 5.32 Å². The third-order valence-electron chi connectivity index (χ3n) is 4.40. The predicted octanol–water partition coefficient (Wildman–Crippen LogP) is 4.75. The van der Waals surface area contributed by atoms with E-state index in [-0.39, 0.29) is 6.61 Å². The molecule has 27 heavy (non-hydrogen) atoms. The molecule has 0 saturated carbocycles. The summed E-state index contributed by atoms with van der Waals surface area (Å²) < 4.78 is 2.00. The molecule has 1 aromatic carbocycles. The highest BCUT2D eigenvalue weighted by Crippen LogP contribution is 2.35. The molecule has 4 rings (SSSR count). The number of aliphatic hydroxyl groups excluding tert-OH is 1. The average Bonchev–Trinajstić information content (AvgIpc) is 3.27. The van der Waals surface area contributed by atoms with E-state index in [9.17, 15) is 5.11 Å². The van der Waals surface area contributed by atoms with Gasteiger partial charge in [-0.15, -0.1) is 0 Å². The highest BCUT2D eigenvalue weighted by Gasteiger charge is 2.14. The fourth-order valence-electron chi connectivity index (χ4n) is 3.15. The SMILES string of the molecule is Cc1ccccc1-c1cc(-c2cnc(NC(C)C)s2)cn2cc(CO)nc12. The molecule has 2 N–H and O–H groups in total. The van der Waals surface area contributed by atoms with E-state index in [1.54, 1.807) is 11.3 Å². The summed E-state index contributed by atoms with van der Waals surface area (Å²) in [6.45, 7) is 6.23. The van der Waals surface area contributed by atoms with Crippen LogP contribution in [-0.2, 0) is 6.61 Å². The summed E-state index contributed by atoms with van der Waals surface area (Å²) in [5.74, 6) is 0. The van der Waals surface area contributed by atoms with Crippen LogP contribution in [0, 0.1) is 6.92 Å². The van der Waals surface area contributed by atoms with Crippen LogP contribution in [0.15, 0.2) is 48.9 Å². The molecule has 0 aliphatic heterocycles. The maximum absolute atomic E-state index is 9.54. The average molecular weight is 379 g/mol. The van der Waals surface area contributed by atoms with Crippen molar-refractivity contribution in [3.05, 3.63) is 60.2 Å². The molecule has 0 fully saturated rings. The number of aromatic nitrogens is 3. The molecule has 0 amide bonds. The van der Waals surface area contributed by atoms with Crippen LogP contribution < -0.4 is 5.32 Å². The highest BCUT2D eigenvalue weighted by atomic mass is 32.1. The van der Waals surface area contributed by atoms with Crippen molar-refractivity contribution in [1.82, 2.24) is 14.4 Å². The highest BCUT2D eigenvalue weighted by molar-refractivity contribution is 7.18. The first kappa shape index (κ1) is 17.7.